The quantitative estimate of drug-likeness (QED) is 0.529. The molecule has 0 aliphatic carbocycles. The zero-order chi connectivity index (χ0) is 17.7. The van der Waals surface area contributed by atoms with E-state index in [2.05, 4.69) is 5.32 Å². The van der Waals surface area contributed by atoms with Gasteiger partial charge in [-0.3, -0.25) is 24.6 Å². The fraction of sp³-hybridized carbons (Fsp3) is 0.643. The highest BCUT2D eigenvalue weighted by Gasteiger charge is 2.45. The van der Waals surface area contributed by atoms with Gasteiger partial charge in [-0.2, -0.15) is 0 Å². The van der Waals surface area contributed by atoms with Crippen molar-refractivity contribution in [2.24, 2.45) is 5.92 Å². The molecule has 0 radical (unpaired) electrons. The first-order chi connectivity index (χ1) is 10.7. The van der Waals surface area contributed by atoms with Crippen LogP contribution in [0.5, 0.6) is 0 Å². The molecule has 9 heteroatoms. The minimum absolute atomic E-state index is 0.00853. The van der Waals surface area contributed by atoms with Crippen LogP contribution in [0, 0.1) is 5.92 Å². The lowest BCUT2D eigenvalue weighted by atomic mass is 10.2. The molecule has 0 aromatic rings. The SMILES string of the molecule is CC[C@@H](C)NC(=O)NC(=O)CN1C(=O)C(=O)N(CC(C)C)C1=O. The number of hydrogen-bond acceptors (Lipinski definition) is 5. The van der Waals surface area contributed by atoms with Crippen molar-refractivity contribution in [2.75, 3.05) is 13.1 Å². The number of nitrogens with one attached hydrogen (secondary N) is 2. The number of carbonyl (C=O) groups excluding carboxylic acids is 5. The van der Waals surface area contributed by atoms with Gasteiger partial charge in [-0.05, 0) is 19.3 Å². The number of amides is 7. The molecule has 2 N–H and O–H groups in total. The highest BCUT2D eigenvalue weighted by atomic mass is 16.2. The Morgan fingerprint density at radius 1 is 1.04 bits per heavy atom. The molecule has 1 atom stereocenters. The zero-order valence-electron chi connectivity index (χ0n) is 13.7. The highest BCUT2D eigenvalue weighted by molar-refractivity contribution is 6.45. The third kappa shape index (κ3) is 4.76. The van der Waals surface area contributed by atoms with Crippen molar-refractivity contribution in [1.82, 2.24) is 20.4 Å². The minimum Gasteiger partial charge on any atom is -0.335 e. The lowest BCUT2D eigenvalue weighted by Gasteiger charge is -2.17. The summed E-state index contributed by atoms with van der Waals surface area (Å²) in [4.78, 5) is 60.2. The molecular formula is C14H22N4O5. The fourth-order valence-electron chi connectivity index (χ4n) is 1.89. The van der Waals surface area contributed by atoms with E-state index in [9.17, 15) is 24.0 Å². The predicted octanol–water partition coefficient (Wildman–Crippen LogP) is 0.0575. The van der Waals surface area contributed by atoms with E-state index in [0.717, 1.165) is 4.90 Å². The molecule has 0 bridgehead atoms. The summed E-state index contributed by atoms with van der Waals surface area (Å²) >= 11 is 0. The molecule has 128 valence electrons. The molecule has 0 spiro atoms. The van der Waals surface area contributed by atoms with Crippen LogP contribution >= 0.6 is 0 Å². The number of rotatable bonds is 6. The summed E-state index contributed by atoms with van der Waals surface area (Å²) in [5.74, 6) is -2.87. The molecule has 1 saturated heterocycles. The first-order valence-electron chi connectivity index (χ1n) is 7.45. The average Bonchev–Trinajstić information content (AvgIpc) is 2.64. The maximum atomic E-state index is 12.0. The van der Waals surface area contributed by atoms with Crippen LogP contribution in [0.4, 0.5) is 9.59 Å². The van der Waals surface area contributed by atoms with Gasteiger partial charge >= 0.3 is 23.9 Å². The Bertz CT molecular complexity index is 531. The van der Waals surface area contributed by atoms with Crippen molar-refractivity contribution in [1.29, 1.82) is 0 Å². The first kappa shape index (κ1) is 18.6. The van der Waals surface area contributed by atoms with Gasteiger partial charge in [0.2, 0.25) is 5.91 Å². The topological polar surface area (TPSA) is 116 Å². The van der Waals surface area contributed by atoms with E-state index in [1.807, 2.05) is 12.2 Å². The van der Waals surface area contributed by atoms with Gasteiger partial charge in [0.05, 0.1) is 0 Å². The molecule has 0 aromatic heterocycles. The molecule has 1 rings (SSSR count). The van der Waals surface area contributed by atoms with Crippen molar-refractivity contribution < 1.29 is 24.0 Å². The summed E-state index contributed by atoms with van der Waals surface area (Å²) in [5.41, 5.74) is 0. The molecule has 1 heterocycles. The Labute approximate surface area is 134 Å². The maximum absolute atomic E-state index is 12.0. The minimum atomic E-state index is -1.06. The summed E-state index contributed by atoms with van der Waals surface area (Å²) in [5, 5.41) is 4.53. The van der Waals surface area contributed by atoms with E-state index in [1.165, 1.54) is 0 Å². The third-order valence-electron chi connectivity index (χ3n) is 3.23. The smallest absolute Gasteiger partial charge is 0.334 e. The van der Waals surface area contributed by atoms with Crippen LogP contribution in [-0.4, -0.2) is 58.7 Å². The normalized spacial score (nSPS) is 16.1. The van der Waals surface area contributed by atoms with Gasteiger partial charge in [0, 0.05) is 12.6 Å². The second-order valence-electron chi connectivity index (χ2n) is 5.81. The van der Waals surface area contributed by atoms with Gasteiger partial charge in [0.25, 0.3) is 0 Å². The lowest BCUT2D eigenvalue weighted by Crippen LogP contribution is -2.48. The molecule has 9 nitrogen and oxygen atoms in total. The molecule has 0 aromatic carbocycles. The van der Waals surface area contributed by atoms with Crippen molar-refractivity contribution in [3.63, 3.8) is 0 Å². The Balaban J connectivity index is 2.64. The number of hydrogen-bond donors (Lipinski definition) is 2. The Morgan fingerprint density at radius 2 is 1.61 bits per heavy atom. The van der Waals surface area contributed by atoms with Gasteiger partial charge < -0.3 is 5.32 Å². The average molecular weight is 326 g/mol. The molecule has 23 heavy (non-hydrogen) atoms. The van der Waals surface area contributed by atoms with Crippen LogP contribution in [0.2, 0.25) is 0 Å². The molecular weight excluding hydrogens is 304 g/mol. The molecule has 1 aliphatic rings. The fourth-order valence-corrected chi connectivity index (χ4v) is 1.89. The van der Waals surface area contributed by atoms with E-state index >= 15 is 0 Å². The molecule has 1 fully saturated rings. The summed E-state index contributed by atoms with van der Waals surface area (Å²) in [6.45, 7) is 6.63. The van der Waals surface area contributed by atoms with Crippen LogP contribution in [-0.2, 0) is 14.4 Å². The monoisotopic (exact) mass is 326 g/mol. The zero-order valence-corrected chi connectivity index (χ0v) is 13.7. The number of carbonyl (C=O) groups is 5. The molecule has 0 saturated carbocycles. The molecule has 1 aliphatic heterocycles. The van der Waals surface area contributed by atoms with Crippen molar-refractivity contribution in [3.05, 3.63) is 0 Å². The van der Waals surface area contributed by atoms with Crippen LogP contribution in [0.25, 0.3) is 0 Å². The van der Waals surface area contributed by atoms with Gasteiger partial charge in [0.1, 0.15) is 6.54 Å². The van der Waals surface area contributed by atoms with Crippen molar-refractivity contribution in [3.8, 4) is 0 Å². The molecule has 7 amide bonds. The summed E-state index contributed by atoms with van der Waals surface area (Å²) in [6.07, 6.45) is 0.684. The summed E-state index contributed by atoms with van der Waals surface area (Å²) in [7, 11) is 0. The Kier molecular flexibility index (Phi) is 6.23. The third-order valence-corrected chi connectivity index (χ3v) is 3.23. The van der Waals surface area contributed by atoms with Gasteiger partial charge in [-0.1, -0.05) is 20.8 Å². The Hall–Kier alpha value is -2.45. The van der Waals surface area contributed by atoms with E-state index in [4.69, 9.17) is 0 Å². The number of nitrogens with zero attached hydrogens (tertiary/aromatic N) is 2. The summed E-state index contributed by atoms with van der Waals surface area (Å²) < 4.78 is 0. The van der Waals surface area contributed by atoms with E-state index in [0.29, 0.717) is 11.3 Å². The second kappa shape index (κ2) is 7.70. The van der Waals surface area contributed by atoms with E-state index in [1.54, 1.807) is 20.8 Å². The van der Waals surface area contributed by atoms with Gasteiger partial charge in [-0.15, -0.1) is 0 Å². The van der Waals surface area contributed by atoms with Gasteiger partial charge in [0.15, 0.2) is 0 Å². The van der Waals surface area contributed by atoms with E-state index in [-0.39, 0.29) is 18.5 Å². The number of imide groups is 3. The van der Waals surface area contributed by atoms with Crippen LogP contribution in [0.15, 0.2) is 0 Å². The van der Waals surface area contributed by atoms with Crippen molar-refractivity contribution >= 4 is 29.8 Å². The highest BCUT2D eigenvalue weighted by Crippen LogP contribution is 2.13. The van der Waals surface area contributed by atoms with Crippen LogP contribution in [0.3, 0.4) is 0 Å². The Morgan fingerprint density at radius 3 is 2.13 bits per heavy atom. The van der Waals surface area contributed by atoms with Crippen LogP contribution in [0.1, 0.15) is 34.1 Å². The van der Waals surface area contributed by atoms with Crippen LogP contribution < -0.4 is 10.6 Å². The second-order valence-corrected chi connectivity index (χ2v) is 5.81. The summed E-state index contributed by atoms with van der Waals surface area (Å²) in [6, 6.07) is -1.68. The van der Waals surface area contributed by atoms with Crippen molar-refractivity contribution in [2.45, 2.75) is 40.2 Å². The lowest BCUT2D eigenvalue weighted by molar-refractivity contribution is -0.144. The maximum Gasteiger partial charge on any atom is 0.334 e. The standard InChI is InChI=1S/C14H22N4O5/c1-5-9(4)15-13(22)16-10(19)7-18-12(21)11(20)17(14(18)23)6-8(2)3/h8-9H,5-7H2,1-4H3,(H2,15,16,19,22)/t9-/m1/s1. The van der Waals surface area contributed by atoms with Gasteiger partial charge in [-0.25, -0.2) is 14.5 Å². The first-order valence-corrected chi connectivity index (χ1v) is 7.45. The largest absolute Gasteiger partial charge is 0.335 e. The van der Waals surface area contributed by atoms with E-state index < -0.39 is 36.3 Å². The molecule has 0 unspecified atom stereocenters. The predicted molar refractivity (Wildman–Crippen MR) is 80.1 cm³/mol. The number of urea groups is 2.